The first-order chi connectivity index (χ1) is 8.72. The van der Waals surface area contributed by atoms with Crippen molar-refractivity contribution in [1.82, 2.24) is 9.97 Å². The maximum Gasteiger partial charge on any atom is 0.224 e. The van der Waals surface area contributed by atoms with E-state index in [1.54, 1.807) is 13.3 Å². The van der Waals surface area contributed by atoms with Crippen molar-refractivity contribution in [2.45, 2.75) is 20.3 Å². The highest BCUT2D eigenvalue weighted by Gasteiger charge is 2.12. The zero-order valence-electron chi connectivity index (χ0n) is 11.2. The first kappa shape index (κ1) is 15.0. The van der Waals surface area contributed by atoms with Gasteiger partial charge in [-0.2, -0.15) is 4.98 Å². The largest absolute Gasteiger partial charge is 0.383 e. The van der Waals surface area contributed by atoms with Gasteiger partial charge in [-0.1, -0.05) is 18.5 Å². The third kappa shape index (κ3) is 4.31. The maximum absolute atomic E-state index is 6.15. The summed E-state index contributed by atoms with van der Waals surface area (Å²) in [5.74, 6) is 1.37. The van der Waals surface area contributed by atoms with Gasteiger partial charge in [0, 0.05) is 26.7 Å². The van der Waals surface area contributed by atoms with Crippen LogP contribution in [0.5, 0.6) is 0 Å². The van der Waals surface area contributed by atoms with Crippen molar-refractivity contribution in [3.05, 3.63) is 11.2 Å². The summed E-state index contributed by atoms with van der Waals surface area (Å²) in [6.07, 6.45) is 2.67. The minimum absolute atomic E-state index is 0.565. The fourth-order valence-electron chi connectivity index (χ4n) is 1.52. The topological polar surface area (TPSA) is 50.3 Å². The molecule has 0 bridgehead atoms. The van der Waals surface area contributed by atoms with Crippen LogP contribution >= 0.6 is 11.6 Å². The van der Waals surface area contributed by atoms with E-state index in [1.807, 2.05) is 0 Å². The number of likely N-dealkylation sites (N-methyl/N-ethyl adjacent to an activating group) is 1. The molecule has 0 radical (unpaired) electrons. The molecule has 1 rings (SSSR count). The van der Waals surface area contributed by atoms with E-state index in [2.05, 4.69) is 34.0 Å². The Morgan fingerprint density at radius 2 is 2.22 bits per heavy atom. The molecule has 1 aromatic heterocycles. The van der Waals surface area contributed by atoms with Gasteiger partial charge in [0.05, 0.1) is 12.8 Å². The SMILES string of the molecule is CCCNc1ncc(Cl)c(N(CC)CCOC)n1. The van der Waals surface area contributed by atoms with Crippen LogP contribution in [-0.4, -0.2) is 43.3 Å². The van der Waals surface area contributed by atoms with Gasteiger partial charge in [-0.15, -0.1) is 0 Å². The molecule has 0 fully saturated rings. The van der Waals surface area contributed by atoms with Gasteiger partial charge in [-0.25, -0.2) is 4.98 Å². The van der Waals surface area contributed by atoms with Gasteiger partial charge in [0.1, 0.15) is 5.02 Å². The zero-order chi connectivity index (χ0) is 13.4. The fourth-order valence-corrected chi connectivity index (χ4v) is 1.73. The highest BCUT2D eigenvalue weighted by molar-refractivity contribution is 6.32. The summed E-state index contributed by atoms with van der Waals surface area (Å²) in [4.78, 5) is 10.7. The third-order valence-corrected chi connectivity index (χ3v) is 2.77. The summed E-state index contributed by atoms with van der Waals surface area (Å²) in [6.45, 7) is 7.25. The van der Waals surface area contributed by atoms with Crippen molar-refractivity contribution in [1.29, 1.82) is 0 Å². The fraction of sp³-hybridized carbons (Fsp3) is 0.667. The minimum Gasteiger partial charge on any atom is -0.383 e. The van der Waals surface area contributed by atoms with Gasteiger partial charge < -0.3 is 15.0 Å². The van der Waals surface area contributed by atoms with E-state index in [1.165, 1.54) is 0 Å². The number of anilines is 2. The molecule has 1 aromatic rings. The molecule has 0 atom stereocenters. The molecule has 0 saturated heterocycles. The summed E-state index contributed by atoms with van der Waals surface area (Å²) < 4.78 is 5.09. The van der Waals surface area contributed by atoms with Gasteiger partial charge in [0.2, 0.25) is 5.95 Å². The molecule has 18 heavy (non-hydrogen) atoms. The molecule has 6 heteroatoms. The molecule has 0 aliphatic rings. The van der Waals surface area contributed by atoms with E-state index in [0.29, 0.717) is 17.6 Å². The lowest BCUT2D eigenvalue weighted by Crippen LogP contribution is -2.28. The summed E-state index contributed by atoms with van der Waals surface area (Å²) in [6, 6.07) is 0. The molecule has 5 nitrogen and oxygen atoms in total. The highest BCUT2D eigenvalue weighted by atomic mass is 35.5. The first-order valence-corrected chi connectivity index (χ1v) is 6.61. The van der Waals surface area contributed by atoms with Crippen molar-refractivity contribution < 1.29 is 4.74 Å². The van der Waals surface area contributed by atoms with Crippen molar-refractivity contribution in [3.63, 3.8) is 0 Å². The molecule has 0 unspecified atom stereocenters. The summed E-state index contributed by atoms with van der Waals surface area (Å²) in [5, 5.41) is 3.72. The van der Waals surface area contributed by atoms with Crippen molar-refractivity contribution in [3.8, 4) is 0 Å². The molecule has 1 heterocycles. The second-order valence-corrected chi connectivity index (χ2v) is 4.27. The van der Waals surface area contributed by atoms with Crippen molar-refractivity contribution >= 4 is 23.4 Å². The number of hydrogen-bond acceptors (Lipinski definition) is 5. The van der Waals surface area contributed by atoms with Crippen LogP contribution in [0.3, 0.4) is 0 Å². The number of methoxy groups -OCH3 is 1. The Hall–Kier alpha value is -1.07. The van der Waals surface area contributed by atoms with Crippen molar-refractivity contribution in [2.75, 3.05) is 43.6 Å². The van der Waals surface area contributed by atoms with E-state index in [4.69, 9.17) is 16.3 Å². The number of nitrogens with one attached hydrogen (secondary N) is 1. The molecule has 102 valence electrons. The lowest BCUT2D eigenvalue weighted by molar-refractivity contribution is 0.205. The smallest absolute Gasteiger partial charge is 0.224 e. The van der Waals surface area contributed by atoms with E-state index in [9.17, 15) is 0 Å². The van der Waals surface area contributed by atoms with Gasteiger partial charge >= 0.3 is 0 Å². The van der Waals surface area contributed by atoms with E-state index in [0.717, 1.165) is 31.9 Å². The predicted molar refractivity (Wildman–Crippen MR) is 75.6 cm³/mol. The van der Waals surface area contributed by atoms with Crippen LogP contribution in [0.1, 0.15) is 20.3 Å². The van der Waals surface area contributed by atoms with E-state index in [-0.39, 0.29) is 0 Å². The summed E-state index contributed by atoms with van der Waals surface area (Å²) >= 11 is 6.15. The van der Waals surface area contributed by atoms with Crippen LogP contribution in [-0.2, 0) is 4.74 Å². The average molecular weight is 273 g/mol. The Balaban J connectivity index is 2.83. The Morgan fingerprint density at radius 3 is 2.83 bits per heavy atom. The van der Waals surface area contributed by atoms with Crippen LogP contribution < -0.4 is 10.2 Å². The van der Waals surface area contributed by atoms with Crippen LogP contribution in [0.4, 0.5) is 11.8 Å². The maximum atomic E-state index is 6.15. The van der Waals surface area contributed by atoms with Crippen LogP contribution in [0.25, 0.3) is 0 Å². The van der Waals surface area contributed by atoms with E-state index < -0.39 is 0 Å². The van der Waals surface area contributed by atoms with Gasteiger partial charge in [0.15, 0.2) is 5.82 Å². The number of halogens is 1. The van der Waals surface area contributed by atoms with Gasteiger partial charge in [-0.05, 0) is 13.3 Å². The quantitative estimate of drug-likeness (QED) is 0.788. The summed E-state index contributed by atoms with van der Waals surface area (Å²) in [7, 11) is 1.68. The number of aromatic nitrogens is 2. The lowest BCUT2D eigenvalue weighted by atomic mass is 10.4. The molecule has 0 aliphatic heterocycles. The Bertz CT molecular complexity index is 362. The number of nitrogens with zero attached hydrogens (tertiary/aromatic N) is 3. The third-order valence-electron chi connectivity index (χ3n) is 2.51. The highest BCUT2D eigenvalue weighted by Crippen LogP contribution is 2.23. The number of rotatable bonds is 8. The molecular formula is C12H21ClN4O. The normalized spacial score (nSPS) is 10.4. The molecule has 0 spiro atoms. The predicted octanol–water partition coefficient (Wildman–Crippen LogP) is 2.42. The number of hydrogen-bond donors (Lipinski definition) is 1. The van der Waals surface area contributed by atoms with Crippen LogP contribution in [0, 0.1) is 0 Å². The Labute approximate surface area is 114 Å². The monoisotopic (exact) mass is 272 g/mol. The van der Waals surface area contributed by atoms with Crippen LogP contribution in [0.2, 0.25) is 5.02 Å². The molecule has 0 amide bonds. The molecule has 0 saturated carbocycles. The Kier molecular flexibility index (Phi) is 6.75. The summed E-state index contributed by atoms with van der Waals surface area (Å²) in [5.41, 5.74) is 0. The van der Waals surface area contributed by atoms with Crippen molar-refractivity contribution in [2.24, 2.45) is 0 Å². The zero-order valence-corrected chi connectivity index (χ0v) is 12.0. The minimum atomic E-state index is 0.565. The number of ether oxygens (including phenoxy) is 1. The first-order valence-electron chi connectivity index (χ1n) is 6.23. The molecule has 0 aliphatic carbocycles. The van der Waals surface area contributed by atoms with E-state index >= 15 is 0 Å². The Morgan fingerprint density at radius 1 is 1.44 bits per heavy atom. The molecule has 0 aromatic carbocycles. The molecular weight excluding hydrogens is 252 g/mol. The second kappa shape index (κ2) is 8.11. The second-order valence-electron chi connectivity index (χ2n) is 3.86. The lowest BCUT2D eigenvalue weighted by Gasteiger charge is -2.22. The van der Waals surface area contributed by atoms with Gasteiger partial charge in [0.25, 0.3) is 0 Å². The standard InChI is InChI=1S/C12H21ClN4O/c1-4-6-14-12-15-9-10(13)11(16-12)17(5-2)7-8-18-3/h9H,4-8H2,1-3H3,(H,14,15,16). The van der Waals surface area contributed by atoms with Crippen LogP contribution in [0.15, 0.2) is 6.20 Å². The molecule has 1 N–H and O–H groups in total. The average Bonchev–Trinajstić information content (AvgIpc) is 2.39. The van der Waals surface area contributed by atoms with Gasteiger partial charge in [-0.3, -0.25) is 0 Å².